The molecule has 0 amide bonds. The Bertz CT molecular complexity index is 720. The van der Waals surface area contributed by atoms with E-state index in [9.17, 15) is 0 Å². The molecular weight excluding hydrogens is 336 g/mol. The summed E-state index contributed by atoms with van der Waals surface area (Å²) in [6, 6.07) is 0. The summed E-state index contributed by atoms with van der Waals surface area (Å²) in [6.07, 6.45) is 7.09. The van der Waals surface area contributed by atoms with Crippen molar-refractivity contribution in [3.63, 3.8) is 0 Å². The van der Waals surface area contributed by atoms with Gasteiger partial charge in [-0.1, -0.05) is 0 Å². The second-order valence-electron chi connectivity index (χ2n) is 4.67. The molecule has 0 bridgehead atoms. The average molecular weight is 351 g/mol. The van der Waals surface area contributed by atoms with Crippen LogP contribution in [0.4, 0.5) is 5.82 Å². The highest BCUT2D eigenvalue weighted by Gasteiger charge is 2.12. The second kappa shape index (κ2) is 6.17. The van der Waals surface area contributed by atoms with Crippen molar-refractivity contribution >= 4 is 32.8 Å². The third-order valence-electron chi connectivity index (χ3n) is 3.18. The molecule has 3 aromatic rings. The van der Waals surface area contributed by atoms with Gasteiger partial charge < -0.3 is 9.88 Å². The Labute approximate surface area is 129 Å². The van der Waals surface area contributed by atoms with Gasteiger partial charge in [0.05, 0.1) is 5.39 Å². The lowest BCUT2D eigenvalue weighted by atomic mass is 10.3. The topological polar surface area (TPSA) is 86.3 Å². The van der Waals surface area contributed by atoms with E-state index in [-0.39, 0.29) is 0 Å². The Morgan fingerprint density at radius 3 is 2.81 bits per heavy atom. The molecule has 0 aromatic carbocycles. The predicted molar refractivity (Wildman–Crippen MR) is 81.7 cm³/mol. The molecule has 0 aliphatic heterocycles. The Hall–Kier alpha value is -2.03. The molecule has 0 aliphatic rings. The third kappa shape index (κ3) is 3.02. The number of hydrogen-bond acceptors (Lipinski definition) is 6. The lowest BCUT2D eigenvalue weighted by Crippen LogP contribution is -2.06. The van der Waals surface area contributed by atoms with Gasteiger partial charge in [-0.3, -0.25) is 0 Å². The zero-order chi connectivity index (χ0) is 14.7. The zero-order valence-corrected chi connectivity index (χ0v) is 13.2. The molecule has 3 heterocycles. The van der Waals surface area contributed by atoms with Crippen molar-refractivity contribution < 1.29 is 0 Å². The predicted octanol–water partition coefficient (Wildman–Crippen LogP) is 1.61. The fourth-order valence-corrected chi connectivity index (χ4v) is 2.74. The first-order chi connectivity index (χ1) is 10.3. The summed E-state index contributed by atoms with van der Waals surface area (Å²) in [5.74, 6) is 0.810. The molecule has 110 valence electrons. The van der Waals surface area contributed by atoms with E-state index in [4.69, 9.17) is 0 Å². The maximum Gasteiger partial charge on any atom is 0.164 e. The summed E-state index contributed by atoms with van der Waals surface area (Å²) in [5, 5.41) is 16.1. The van der Waals surface area contributed by atoms with E-state index in [1.807, 2.05) is 11.6 Å². The van der Waals surface area contributed by atoms with Crippen LogP contribution in [0.2, 0.25) is 0 Å². The molecule has 8 nitrogen and oxygen atoms in total. The number of unbranched alkanes of at least 4 members (excludes halogenated alkanes) is 1. The number of halogens is 1. The van der Waals surface area contributed by atoms with Crippen LogP contribution in [0.5, 0.6) is 0 Å². The van der Waals surface area contributed by atoms with Crippen LogP contribution in [0, 0.1) is 0 Å². The van der Waals surface area contributed by atoms with Gasteiger partial charge in [-0.05, 0) is 28.8 Å². The number of fused-ring (bicyclic) bond motifs is 1. The molecule has 0 saturated carbocycles. The molecule has 0 spiro atoms. The minimum absolute atomic E-state index is 0.757. The number of nitrogens with one attached hydrogen (secondary N) is 1. The minimum atomic E-state index is 0.757. The van der Waals surface area contributed by atoms with E-state index in [0.717, 1.165) is 47.4 Å². The van der Waals surface area contributed by atoms with Crippen molar-refractivity contribution in [1.29, 1.82) is 0 Å². The van der Waals surface area contributed by atoms with Gasteiger partial charge in [-0.15, -0.1) is 10.2 Å². The summed E-state index contributed by atoms with van der Waals surface area (Å²) in [7, 11) is 1.86. The highest BCUT2D eigenvalue weighted by molar-refractivity contribution is 9.10. The van der Waals surface area contributed by atoms with Crippen LogP contribution in [-0.4, -0.2) is 41.1 Å². The molecule has 0 fully saturated rings. The number of anilines is 1. The molecule has 0 aliphatic carbocycles. The van der Waals surface area contributed by atoms with Crippen LogP contribution in [0.25, 0.3) is 11.0 Å². The van der Waals surface area contributed by atoms with Crippen molar-refractivity contribution in [2.45, 2.75) is 19.4 Å². The quantitative estimate of drug-likeness (QED) is 0.679. The van der Waals surface area contributed by atoms with Gasteiger partial charge in [-0.2, -0.15) is 5.10 Å². The first kappa shape index (κ1) is 13.9. The number of rotatable bonds is 6. The minimum Gasteiger partial charge on any atom is -0.369 e. The molecule has 0 unspecified atom stereocenters. The SMILES string of the molecule is Cn1nc(Br)c2c(NCCCCn3cnnc3)ncnc21. The number of aromatic nitrogens is 7. The highest BCUT2D eigenvalue weighted by Crippen LogP contribution is 2.26. The molecule has 9 heteroatoms. The molecule has 3 rings (SSSR count). The summed E-state index contributed by atoms with van der Waals surface area (Å²) < 4.78 is 4.46. The smallest absolute Gasteiger partial charge is 0.164 e. The van der Waals surface area contributed by atoms with E-state index in [1.165, 1.54) is 0 Å². The maximum absolute atomic E-state index is 4.30. The lowest BCUT2D eigenvalue weighted by Gasteiger charge is -2.06. The summed E-state index contributed by atoms with van der Waals surface area (Å²) in [4.78, 5) is 8.54. The molecular formula is C12H15BrN8. The number of nitrogens with zero attached hydrogens (tertiary/aromatic N) is 7. The Morgan fingerprint density at radius 2 is 2.00 bits per heavy atom. The third-order valence-corrected chi connectivity index (χ3v) is 3.74. The highest BCUT2D eigenvalue weighted by atomic mass is 79.9. The lowest BCUT2D eigenvalue weighted by molar-refractivity contribution is 0.619. The number of aryl methyl sites for hydroxylation is 2. The molecule has 21 heavy (non-hydrogen) atoms. The summed E-state index contributed by atoms with van der Waals surface area (Å²) in [5.41, 5.74) is 0.809. The first-order valence-corrected chi connectivity index (χ1v) is 7.44. The van der Waals surface area contributed by atoms with E-state index in [0.29, 0.717) is 0 Å². The van der Waals surface area contributed by atoms with Crippen LogP contribution in [0.3, 0.4) is 0 Å². The Balaban J connectivity index is 1.58. The van der Waals surface area contributed by atoms with Crippen molar-refractivity contribution in [3.8, 4) is 0 Å². The standard InChI is InChI=1S/C12H15BrN8/c1-20-12-9(10(13)19-20)11(15-6-16-12)14-4-2-3-5-21-7-17-18-8-21/h6-8H,2-5H2,1H3,(H,14,15,16). The van der Waals surface area contributed by atoms with E-state index < -0.39 is 0 Å². The van der Waals surface area contributed by atoms with Crippen molar-refractivity contribution in [2.75, 3.05) is 11.9 Å². The normalized spacial score (nSPS) is 11.1. The second-order valence-corrected chi connectivity index (χ2v) is 5.42. The van der Waals surface area contributed by atoms with Gasteiger partial charge in [0.25, 0.3) is 0 Å². The summed E-state index contributed by atoms with van der Waals surface area (Å²) in [6.45, 7) is 1.76. The molecule has 1 N–H and O–H groups in total. The number of hydrogen-bond donors (Lipinski definition) is 1. The van der Waals surface area contributed by atoms with Crippen LogP contribution in [0.1, 0.15) is 12.8 Å². The van der Waals surface area contributed by atoms with Crippen molar-refractivity contribution in [3.05, 3.63) is 23.6 Å². The largest absolute Gasteiger partial charge is 0.369 e. The monoisotopic (exact) mass is 350 g/mol. The van der Waals surface area contributed by atoms with Crippen LogP contribution in [0.15, 0.2) is 23.6 Å². The zero-order valence-electron chi connectivity index (χ0n) is 11.6. The van der Waals surface area contributed by atoms with Crippen molar-refractivity contribution in [1.82, 2.24) is 34.5 Å². The van der Waals surface area contributed by atoms with Crippen LogP contribution < -0.4 is 5.32 Å². The van der Waals surface area contributed by atoms with Gasteiger partial charge in [0, 0.05) is 20.1 Å². The van der Waals surface area contributed by atoms with Gasteiger partial charge in [-0.25, -0.2) is 14.6 Å². The van der Waals surface area contributed by atoms with Gasteiger partial charge in [0.15, 0.2) is 5.65 Å². The van der Waals surface area contributed by atoms with Crippen molar-refractivity contribution in [2.24, 2.45) is 7.05 Å². The van der Waals surface area contributed by atoms with Gasteiger partial charge >= 0.3 is 0 Å². The fraction of sp³-hybridized carbons (Fsp3) is 0.417. The maximum atomic E-state index is 4.30. The molecule has 0 saturated heterocycles. The molecule has 3 aromatic heterocycles. The van der Waals surface area contributed by atoms with Crippen LogP contribution in [-0.2, 0) is 13.6 Å². The van der Waals surface area contributed by atoms with E-state index >= 15 is 0 Å². The Kier molecular flexibility index (Phi) is 4.09. The fourth-order valence-electron chi connectivity index (χ4n) is 2.14. The van der Waals surface area contributed by atoms with E-state index in [2.05, 4.69) is 46.5 Å². The van der Waals surface area contributed by atoms with Crippen LogP contribution >= 0.6 is 15.9 Å². The molecule has 0 radical (unpaired) electrons. The summed E-state index contributed by atoms with van der Waals surface area (Å²) >= 11 is 3.45. The molecule has 0 atom stereocenters. The average Bonchev–Trinajstić information content (AvgIpc) is 3.08. The van der Waals surface area contributed by atoms with Gasteiger partial charge in [0.2, 0.25) is 0 Å². The van der Waals surface area contributed by atoms with E-state index in [1.54, 1.807) is 23.7 Å². The van der Waals surface area contributed by atoms with Gasteiger partial charge in [0.1, 0.15) is 29.4 Å². The first-order valence-electron chi connectivity index (χ1n) is 6.65. The Morgan fingerprint density at radius 1 is 1.19 bits per heavy atom.